The summed E-state index contributed by atoms with van der Waals surface area (Å²) >= 11 is 1.65. The largest absolute Gasteiger partial charge is 0.477 e. The van der Waals surface area contributed by atoms with E-state index in [1.54, 1.807) is 17.4 Å². The third-order valence-electron chi connectivity index (χ3n) is 2.68. The van der Waals surface area contributed by atoms with E-state index in [0.29, 0.717) is 0 Å². The van der Waals surface area contributed by atoms with Gasteiger partial charge in [0.15, 0.2) is 0 Å². The Kier molecular flexibility index (Phi) is 2.23. The van der Waals surface area contributed by atoms with Gasteiger partial charge in [0.2, 0.25) is 0 Å². The standard InChI is InChI=1S/C13H9NO2S/c15-13(16)11-7-9-8(12-5-2-6-17-12)3-1-4-10(9)14-11/h1-7,14H,(H,15,16). The molecule has 0 fully saturated rings. The number of H-pyrrole nitrogens is 1. The van der Waals surface area contributed by atoms with Crippen molar-refractivity contribution in [2.45, 2.75) is 0 Å². The second-order valence-corrected chi connectivity index (χ2v) is 4.68. The summed E-state index contributed by atoms with van der Waals surface area (Å²) in [5, 5.41) is 11.9. The van der Waals surface area contributed by atoms with Crippen LogP contribution in [0.4, 0.5) is 0 Å². The molecule has 2 aromatic heterocycles. The van der Waals surface area contributed by atoms with Crippen molar-refractivity contribution in [3.8, 4) is 10.4 Å². The molecule has 1 aromatic carbocycles. The molecule has 0 unspecified atom stereocenters. The third-order valence-corrected chi connectivity index (χ3v) is 3.58. The Labute approximate surface area is 101 Å². The molecular formula is C13H9NO2S. The molecule has 0 spiro atoms. The highest BCUT2D eigenvalue weighted by Gasteiger charge is 2.11. The predicted octanol–water partition coefficient (Wildman–Crippen LogP) is 3.59. The van der Waals surface area contributed by atoms with E-state index >= 15 is 0 Å². The second kappa shape index (κ2) is 3.75. The minimum absolute atomic E-state index is 0.226. The maximum Gasteiger partial charge on any atom is 0.352 e. The maximum absolute atomic E-state index is 10.9. The highest BCUT2D eigenvalue weighted by molar-refractivity contribution is 7.13. The molecule has 0 aliphatic carbocycles. The van der Waals surface area contributed by atoms with E-state index in [1.165, 1.54) is 0 Å². The Morgan fingerprint density at radius 2 is 2.12 bits per heavy atom. The van der Waals surface area contributed by atoms with Crippen molar-refractivity contribution in [3.63, 3.8) is 0 Å². The van der Waals surface area contributed by atoms with E-state index in [0.717, 1.165) is 21.3 Å². The molecule has 2 N–H and O–H groups in total. The highest BCUT2D eigenvalue weighted by atomic mass is 32.1. The van der Waals surface area contributed by atoms with E-state index < -0.39 is 5.97 Å². The molecule has 3 rings (SSSR count). The number of aromatic carboxylic acids is 1. The average molecular weight is 243 g/mol. The molecule has 0 saturated heterocycles. The lowest BCUT2D eigenvalue weighted by atomic mass is 10.1. The molecule has 0 bridgehead atoms. The van der Waals surface area contributed by atoms with E-state index in [9.17, 15) is 4.79 Å². The number of aromatic amines is 1. The van der Waals surface area contributed by atoms with Gasteiger partial charge in [-0.15, -0.1) is 11.3 Å². The number of nitrogens with one attached hydrogen (secondary N) is 1. The number of aromatic nitrogens is 1. The van der Waals surface area contributed by atoms with Crippen molar-refractivity contribution in [1.29, 1.82) is 0 Å². The number of rotatable bonds is 2. The van der Waals surface area contributed by atoms with Crippen LogP contribution in [-0.2, 0) is 0 Å². The molecule has 4 heteroatoms. The van der Waals surface area contributed by atoms with Crippen LogP contribution in [0.25, 0.3) is 21.3 Å². The normalized spacial score (nSPS) is 10.8. The fourth-order valence-corrected chi connectivity index (χ4v) is 2.68. The average Bonchev–Trinajstić information content (AvgIpc) is 2.97. The van der Waals surface area contributed by atoms with Crippen LogP contribution in [0.2, 0.25) is 0 Å². The van der Waals surface area contributed by atoms with Gasteiger partial charge in [0.1, 0.15) is 5.69 Å². The zero-order valence-corrected chi connectivity index (χ0v) is 9.62. The van der Waals surface area contributed by atoms with Gasteiger partial charge in [0.05, 0.1) is 0 Å². The number of carboxylic acid groups (broad SMARTS) is 1. The number of benzene rings is 1. The lowest BCUT2D eigenvalue weighted by Crippen LogP contribution is -1.94. The number of thiophene rings is 1. The maximum atomic E-state index is 10.9. The van der Waals surface area contributed by atoms with Gasteiger partial charge in [0.25, 0.3) is 0 Å². The van der Waals surface area contributed by atoms with Crippen molar-refractivity contribution in [3.05, 3.63) is 47.5 Å². The lowest BCUT2D eigenvalue weighted by molar-refractivity contribution is 0.0691. The first kappa shape index (κ1) is 10.1. The Balaban J connectivity index is 2.29. The first-order valence-electron chi connectivity index (χ1n) is 5.14. The van der Waals surface area contributed by atoms with Crippen LogP contribution in [-0.4, -0.2) is 16.1 Å². The number of carboxylic acids is 1. The Hall–Kier alpha value is -2.07. The van der Waals surface area contributed by atoms with Crippen molar-refractivity contribution in [2.24, 2.45) is 0 Å². The van der Waals surface area contributed by atoms with Gasteiger partial charge in [-0.25, -0.2) is 4.79 Å². The number of fused-ring (bicyclic) bond motifs is 1. The topological polar surface area (TPSA) is 53.1 Å². The van der Waals surface area contributed by atoms with Crippen molar-refractivity contribution in [2.75, 3.05) is 0 Å². The highest BCUT2D eigenvalue weighted by Crippen LogP contribution is 2.32. The van der Waals surface area contributed by atoms with Crippen LogP contribution in [0.15, 0.2) is 41.8 Å². The van der Waals surface area contributed by atoms with E-state index in [4.69, 9.17) is 5.11 Å². The Morgan fingerprint density at radius 1 is 1.24 bits per heavy atom. The van der Waals surface area contributed by atoms with Gasteiger partial charge in [-0.05, 0) is 23.6 Å². The fourth-order valence-electron chi connectivity index (χ4n) is 1.92. The molecule has 0 aliphatic heterocycles. The summed E-state index contributed by atoms with van der Waals surface area (Å²) in [6.45, 7) is 0. The van der Waals surface area contributed by atoms with E-state index in [1.807, 2.05) is 35.7 Å². The number of carbonyl (C=O) groups is 1. The third kappa shape index (κ3) is 1.62. The van der Waals surface area contributed by atoms with Gasteiger partial charge >= 0.3 is 5.97 Å². The predicted molar refractivity (Wildman–Crippen MR) is 68.6 cm³/mol. The van der Waals surface area contributed by atoms with E-state index in [-0.39, 0.29) is 5.69 Å². The van der Waals surface area contributed by atoms with Gasteiger partial charge in [-0.1, -0.05) is 18.2 Å². The molecule has 2 heterocycles. The summed E-state index contributed by atoms with van der Waals surface area (Å²) in [6.07, 6.45) is 0. The molecule has 0 saturated carbocycles. The number of hydrogen-bond acceptors (Lipinski definition) is 2. The number of hydrogen-bond donors (Lipinski definition) is 2. The van der Waals surface area contributed by atoms with Gasteiger partial charge < -0.3 is 10.1 Å². The van der Waals surface area contributed by atoms with Gasteiger partial charge in [-0.2, -0.15) is 0 Å². The molecule has 0 amide bonds. The minimum atomic E-state index is -0.932. The SMILES string of the molecule is O=C(O)c1cc2c(-c3cccs3)cccc2[nH]1. The molecule has 3 aromatic rings. The molecule has 84 valence electrons. The van der Waals surface area contributed by atoms with Crippen LogP contribution >= 0.6 is 11.3 Å². The zero-order chi connectivity index (χ0) is 11.8. The first-order valence-corrected chi connectivity index (χ1v) is 6.02. The monoisotopic (exact) mass is 243 g/mol. The Bertz CT molecular complexity index is 683. The summed E-state index contributed by atoms with van der Waals surface area (Å²) in [4.78, 5) is 15.0. The molecular weight excluding hydrogens is 234 g/mol. The molecule has 0 radical (unpaired) electrons. The molecule has 17 heavy (non-hydrogen) atoms. The smallest absolute Gasteiger partial charge is 0.352 e. The summed E-state index contributed by atoms with van der Waals surface area (Å²) in [5.41, 5.74) is 2.15. The van der Waals surface area contributed by atoms with Crippen LogP contribution in [0.5, 0.6) is 0 Å². The van der Waals surface area contributed by atoms with Gasteiger partial charge in [-0.3, -0.25) is 0 Å². The minimum Gasteiger partial charge on any atom is -0.477 e. The lowest BCUT2D eigenvalue weighted by Gasteiger charge is -1.98. The van der Waals surface area contributed by atoms with Crippen molar-refractivity contribution >= 4 is 28.2 Å². The molecule has 0 atom stereocenters. The molecule has 0 aliphatic rings. The van der Waals surface area contributed by atoms with Crippen molar-refractivity contribution in [1.82, 2.24) is 4.98 Å². The summed E-state index contributed by atoms with van der Waals surface area (Å²) in [7, 11) is 0. The Morgan fingerprint density at radius 3 is 2.82 bits per heavy atom. The summed E-state index contributed by atoms with van der Waals surface area (Å²) in [6, 6.07) is 11.5. The first-order chi connectivity index (χ1) is 8.25. The quantitative estimate of drug-likeness (QED) is 0.722. The summed E-state index contributed by atoms with van der Waals surface area (Å²) < 4.78 is 0. The summed E-state index contributed by atoms with van der Waals surface area (Å²) in [5.74, 6) is -0.932. The van der Waals surface area contributed by atoms with Crippen LogP contribution < -0.4 is 0 Å². The van der Waals surface area contributed by atoms with Gasteiger partial charge in [0, 0.05) is 21.3 Å². The fraction of sp³-hybridized carbons (Fsp3) is 0. The molecule has 3 nitrogen and oxygen atoms in total. The van der Waals surface area contributed by atoms with E-state index in [2.05, 4.69) is 4.98 Å². The zero-order valence-electron chi connectivity index (χ0n) is 8.81. The van der Waals surface area contributed by atoms with Crippen LogP contribution in [0.3, 0.4) is 0 Å². The van der Waals surface area contributed by atoms with Crippen LogP contribution in [0.1, 0.15) is 10.5 Å². The van der Waals surface area contributed by atoms with Crippen molar-refractivity contribution < 1.29 is 9.90 Å². The van der Waals surface area contributed by atoms with Crippen LogP contribution in [0, 0.1) is 0 Å². The second-order valence-electron chi connectivity index (χ2n) is 3.73.